The van der Waals surface area contributed by atoms with Crippen LogP contribution >= 0.6 is 0 Å². The van der Waals surface area contributed by atoms with E-state index in [1.165, 1.54) is 6.07 Å². The molecule has 2 rings (SSSR count). The number of hydrogen-bond donors (Lipinski definition) is 1. The molecule has 0 amide bonds. The van der Waals surface area contributed by atoms with Gasteiger partial charge in [-0.2, -0.15) is 5.26 Å². The first-order valence-electron chi connectivity index (χ1n) is 5.93. The Balaban J connectivity index is 2.09. The van der Waals surface area contributed by atoms with Crippen LogP contribution in [0.4, 0.5) is 11.4 Å². The molecule has 0 aliphatic carbocycles. The second-order valence-corrected chi connectivity index (χ2v) is 4.19. The molecule has 98 valence electrons. The minimum Gasteiger partial charge on any atom is -0.497 e. The number of nitro groups is 1. The van der Waals surface area contributed by atoms with Gasteiger partial charge in [0.25, 0.3) is 5.69 Å². The second-order valence-electron chi connectivity index (χ2n) is 4.19. The number of nitrogens with zero attached hydrogens (tertiary/aromatic N) is 2. The highest BCUT2D eigenvalue weighted by molar-refractivity contribution is 5.64. The van der Waals surface area contributed by atoms with Gasteiger partial charge >= 0.3 is 0 Å². The van der Waals surface area contributed by atoms with Gasteiger partial charge in [-0.25, -0.2) is 0 Å². The molecule has 1 aliphatic heterocycles. The minimum absolute atomic E-state index is 0.0141. The number of nitrogens with one attached hydrogen (secondary N) is 1. The van der Waals surface area contributed by atoms with Crippen LogP contribution in [0, 0.1) is 21.4 Å². The minimum atomic E-state index is -0.495. The van der Waals surface area contributed by atoms with Crippen molar-refractivity contribution in [1.82, 2.24) is 0 Å². The Morgan fingerprint density at radius 2 is 2.42 bits per heavy atom. The van der Waals surface area contributed by atoms with Crippen LogP contribution in [0.2, 0.25) is 0 Å². The van der Waals surface area contributed by atoms with Crippen LogP contribution in [0.5, 0.6) is 0 Å². The molecule has 19 heavy (non-hydrogen) atoms. The molecule has 1 atom stereocenters. The maximum atomic E-state index is 11.0. The van der Waals surface area contributed by atoms with Gasteiger partial charge in [0.2, 0.25) is 0 Å². The van der Waals surface area contributed by atoms with E-state index in [0.717, 1.165) is 12.8 Å². The van der Waals surface area contributed by atoms with Crippen molar-refractivity contribution in [2.75, 3.05) is 11.9 Å². The Hall–Kier alpha value is -2.55. The van der Waals surface area contributed by atoms with E-state index < -0.39 is 4.92 Å². The van der Waals surface area contributed by atoms with Crippen molar-refractivity contribution < 1.29 is 9.66 Å². The third-order valence-corrected chi connectivity index (χ3v) is 2.87. The summed E-state index contributed by atoms with van der Waals surface area (Å²) in [4.78, 5) is 10.5. The highest BCUT2D eigenvalue weighted by Crippen LogP contribution is 2.25. The van der Waals surface area contributed by atoms with Crippen LogP contribution in [-0.2, 0) is 4.74 Å². The summed E-state index contributed by atoms with van der Waals surface area (Å²) in [5.41, 5.74) is 0.585. The van der Waals surface area contributed by atoms with E-state index in [1.807, 2.05) is 12.1 Å². The van der Waals surface area contributed by atoms with Crippen molar-refractivity contribution in [3.8, 4) is 6.07 Å². The molecule has 6 nitrogen and oxygen atoms in total. The van der Waals surface area contributed by atoms with Crippen LogP contribution in [-0.4, -0.2) is 17.6 Å². The second kappa shape index (κ2) is 5.87. The van der Waals surface area contributed by atoms with E-state index in [-0.39, 0.29) is 17.4 Å². The molecule has 1 aliphatic rings. The Kier molecular flexibility index (Phi) is 3.98. The molecule has 0 radical (unpaired) electrons. The van der Waals surface area contributed by atoms with E-state index in [9.17, 15) is 10.1 Å². The molecule has 0 spiro atoms. The molecule has 1 N–H and O–H groups in total. The molecule has 0 saturated carbocycles. The number of benzene rings is 1. The van der Waals surface area contributed by atoms with Gasteiger partial charge in [0.1, 0.15) is 11.8 Å². The van der Waals surface area contributed by atoms with Crippen molar-refractivity contribution in [1.29, 1.82) is 5.26 Å². The summed E-state index contributed by atoms with van der Waals surface area (Å²) in [6.45, 7) is 0.497. The van der Waals surface area contributed by atoms with Crippen LogP contribution in [0.25, 0.3) is 0 Å². The topological polar surface area (TPSA) is 88.2 Å². The standard InChI is InChI=1S/C13H13N3O3/c14-8-10-4-5-12(13(7-10)16(17)18)15-9-11-3-1-2-6-19-11/h2,4-7,11,15H,1,3,9H2. The largest absolute Gasteiger partial charge is 0.497 e. The fourth-order valence-corrected chi connectivity index (χ4v) is 1.86. The Morgan fingerprint density at radius 1 is 1.58 bits per heavy atom. The lowest BCUT2D eigenvalue weighted by molar-refractivity contribution is -0.384. The number of nitro benzene ring substituents is 1. The SMILES string of the molecule is N#Cc1ccc(NCC2CCC=CO2)c([N+](=O)[O-])c1. The van der Waals surface area contributed by atoms with Gasteiger partial charge in [-0.3, -0.25) is 10.1 Å². The number of anilines is 1. The Morgan fingerprint density at radius 3 is 3.05 bits per heavy atom. The van der Waals surface area contributed by atoms with Crippen molar-refractivity contribution in [3.63, 3.8) is 0 Å². The molecular weight excluding hydrogens is 246 g/mol. The fraction of sp³-hybridized carbons (Fsp3) is 0.308. The molecule has 1 aromatic carbocycles. The van der Waals surface area contributed by atoms with Gasteiger partial charge in [-0.05, 0) is 31.1 Å². The zero-order valence-corrected chi connectivity index (χ0v) is 10.2. The molecule has 0 bridgehead atoms. The highest BCUT2D eigenvalue weighted by Gasteiger charge is 2.17. The fourth-order valence-electron chi connectivity index (χ4n) is 1.86. The summed E-state index contributed by atoms with van der Waals surface area (Å²) < 4.78 is 5.38. The molecule has 0 fully saturated rings. The zero-order chi connectivity index (χ0) is 13.7. The van der Waals surface area contributed by atoms with Gasteiger partial charge in [0, 0.05) is 6.07 Å². The predicted molar refractivity (Wildman–Crippen MR) is 69.5 cm³/mol. The first-order chi connectivity index (χ1) is 9.20. The third-order valence-electron chi connectivity index (χ3n) is 2.87. The molecule has 1 heterocycles. The first kappa shape index (κ1) is 12.9. The maximum Gasteiger partial charge on any atom is 0.293 e. The molecule has 0 saturated heterocycles. The maximum absolute atomic E-state index is 11.0. The number of rotatable bonds is 4. The smallest absolute Gasteiger partial charge is 0.293 e. The van der Waals surface area contributed by atoms with Crippen LogP contribution in [0.15, 0.2) is 30.5 Å². The monoisotopic (exact) mass is 259 g/mol. The summed E-state index contributed by atoms with van der Waals surface area (Å²) in [6, 6.07) is 6.26. The first-order valence-corrected chi connectivity index (χ1v) is 5.93. The number of hydrogen-bond acceptors (Lipinski definition) is 5. The summed E-state index contributed by atoms with van der Waals surface area (Å²) in [5.74, 6) is 0. The van der Waals surface area contributed by atoms with Crippen molar-refractivity contribution in [2.24, 2.45) is 0 Å². The zero-order valence-electron chi connectivity index (χ0n) is 10.2. The van der Waals surface area contributed by atoms with E-state index in [1.54, 1.807) is 18.4 Å². The van der Waals surface area contributed by atoms with Crippen LogP contribution in [0.3, 0.4) is 0 Å². The van der Waals surface area contributed by atoms with Crippen LogP contribution < -0.4 is 5.32 Å². The molecule has 1 aromatic rings. The number of nitriles is 1. The van der Waals surface area contributed by atoms with Crippen molar-refractivity contribution in [3.05, 3.63) is 46.2 Å². The molecule has 1 unspecified atom stereocenters. The van der Waals surface area contributed by atoms with E-state index >= 15 is 0 Å². The average Bonchev–Trinajstić information content (AvgIpc) is 2.46. The van der Waals surface area contributed by atoms with Crippen molar-refractivity contribution in [2.45, 2.75) is 18.9 Å². The molecule has 6 heteroatoms. The van der Waals surface area contributed by atoms with E-state index in [0.29, 0.717) is 12.2 Å². The van der Waals surface area contributed by atoms with Gasteiger partial charge in [0.05, 0.1) is 29.4 Å². The molecular formula is C13H13N3O3. The van der Waals surface area contributed by atoms with Crippen LogP contribution in [0.1, 0.15) is 18.4 Å². The number of ether oxygens (including phenoxy) is 1. The summed E-state index contributed by atoms with van der Waals surface area (Å²) >= 11 is 0. The van der Waals surface area contributed by atoms with Gasteiger partial charge in [-0.1, -0.05) is 0 Å². The third kappa shape index (κ3) is 3.22. The number of allylic oxidation sites excluding steroid dienone is 1. The van der Waals surface area contributed by atoms with Gasteiger partial charge in [-0.15, -0.1) is 0 Å². The summed E-state index contributed by atoms with van der Waals surface area (Å²) in [5, 5.41) is 22.7. The average molecular weight is 259 g/mol. The summed E-state index contributed by atoms with van der Waals surface area (Å²) in [7, 11) is 0. The lowest BCUT2D eigenvalue weighted by Crippen LogP contribution is -2.23. The van der Waals surface area contributed by atoms with E-state index in [2.05, 4.69) is 5.32 Å². The van der Waals surface area contributed by atoms with Gasteiger partial charge < -0.3 is 10.1 Å². The van der Waals surface area contributed by atoms with E-state index in [4.69, 9.17) is 10.00 Å². The summed E-state index contributed by atoms with van der Waals surface area (Å²) in [6.07, 6.45) is 5.44. The van der Waals surface area contributed by atoms with Gasteiger partial charge in [0.15, 0.2) is 0 Å². The normalized spacial score (nSPS) is 17.3. The lowest BCUT2D eigenvalue weighted by atomic mass is 10.1. The Labute approximate surface area is 110 Å². The quantitative estimate of drug-likeness (QED) is 0.663. The predicted octanol–water partition coefficient (Wildman–Crippen LogP) is 2.57. The molecule has 0 aromatic heterocycles. The lowest BCUT2D eigenvalue weighted by Gasteiger charge is -2.20. The van der Waals surface area contributed by atoms with Crippen molar-refractivity contribution >= 4 is 11.4 Å². The Bertz CT molecular complexity index is 549. The highest BCUT2D eigenvalue weighted by atomic mass is 16.6.